The lowest BCUT2D eigenvalue weighted by Crippen LogP contribution is -2.41. The monoisotopic (exact) mass is 365 g/mol. The summed E-state index contributed by atoms with van der Waals surface area (Å²) in [6.45, 7) is 3.53. The number of nitrogens with zero attached hydrogens (tertiary/aromatic N) is 2. The zero-order valence-corrected chi connectivity index (χ0v) is 15.2. The van der Waals surface area contributed by atoms with Gasteiger partial charge in [-0.3, -0.25) is 4.90 Å². The van der Waals surface area contributed by atoms with E-state index in [1.165, 1.54) is 6.08 Å². The van der Waals surface area contributed by atoms with Crippen molar-refractivity contribution < 1.29 is 24.5 Å². The molecule has 1 heterocycles. The van der Waals surface area contributed by atoms with Crippen LogP contribution in [0.15, 0.2) is 23.4 Å². The lowest BCUT2D eigenvalue weighted by molar-refractivity contribution is 0.0148. The van der Waals surface area contributed by atoms with Gasteiger partial charge < -0.3 is 30.3 Å². The number of aliphatic hydroxyl groups is 1. The van der Waals surface area contributed by atoms with Crippen LogP contribution in [0.4, 0.5) is 0 Å². The molecule has 0 radical (unpaired) electrons. The molecule has 1 aliphatic heterocycles. The smallest absolute Gasteiger partial charge is 0.164 e. The summed E-state index contributed by atoms with van der Waals surface area (Å²) in [6, 6.07) is 3.63. The Bertz CT molecular complexity index is 642. The lowest BCUT2D eigenvalue weighted by Gasteiger charge is -2.29. The average molecular weight is 365 g/mol. The minimum atomic E-state index is -0.579. The zero-order valence-electron chi connectivity index (χ0n) is 15.2. The topological polar surface area (TPSA) is 110 Å². The van der Waals surface area contributed by atoms with Gasteiger partial charge in [-0.2, -0.15) is 0 Å². The number of hydrogen-bond donors (Lipinski definition) is 3. The number of benzene rings is 1. The number of amidine groups is 1. The Morgan fingerprint density at radius 1 is 1.35 bits per heavy atom. The van der Waals surface area contributed by atoms with Gasteiger partial charge in [0.1, 0.15) is 0 Å². The van der Waals surface area contributed by atoms with Gasteiger partial charge in [0, 0.05) is 31.6 Å². The Morgan fingerprint density at radius 3 is 2.69 bits per heavy atom. The average Bonchev–Trinajstić information content (AvgIpc) is 2.66. The first-order valence-electron chi connectivity index (χ1n) is 8.46. The van der Waals surface area contributed by atoms with E-state index in [1.807, 2.05) is 6.07 Å². The summed E-state index contributed by atoms with van der Waals surface area (Å²) in [4.78, 5) is 2.17. The van der Waals surface area contributed by atoms with Crippen LogP contribution in [0.1, 0.15) is 11.1 Å². The third-order valence-corrected chi connectivity index (χ3v) is 4.25. The minimum absolute atomic E-state index is 0.0143. The summed E-state index contributed by atoms with van der Waals surface area (Å²) < 4.78 is 16.2. The van der Waals surface area contributed by atoms with E-state index in [0.29, 0.717) is 37.7 Å². The molecule has 0 aromatic heterocycles. The number of hydrogen-bond acceptors (Lipinski definition) is 7. The van der Waals surface area contributed by atoms with Crippen molar-refractivity contribution in [1.82, 2.24) is 4.90 Å². The molecule has 1 aromatic rings. The number of aliphatic hydroxyl groups excluding tert-OH is 1. The Morgan fingerprint density at radius 2 is 2.08 bits per heavy atom. The molecule has 0 bridgehead atoms. The van der Waals surface area contributed by atoms with Crippen LogP contribution < -0.4 is 15.2 Å². The SMILES string of the molecule is COc1ccc(C=CC(N)=NO)c(CC(O)CN2CCOCC2)c1OC. The van der Waals surface area contributed by atoms with E-state index in [4.69, 9.17) is 25.2 Å². The molecule has 1 aromatic carbocycles. The summed E-state index contributed by atoms with van der Waals surface area (Å²) in [6.07, 6.45) is 3.01. The summed E-state index contributed by atoms with van der Waals surface area (Å²) in [5, 5.41) is 22.2. The third kappa shape index (κ3) is 5.35. The highest BCUT2D eigenvalue weighted by atomic mass is 16.5. The van der Waals surface area contributed by atoms with Gasteiger partial charge in [-0.15, -0.1) is 0 Å². The molecule has 1 saturated heterocycles. The van der Waals surface area contributed by atoms with Gasteiger partial charge >= 0.3 is 0 Å². The normalized spacial score (nSPS) is 17.4. The molecule has 1 unspecified atom stereocenters. The molecular formula is C18H27N3O5. The highest BCUT2D eigenvalue weighted by molar-refractivity contribution is 5.94. The molecule has 8 nitrogen and oxygen atoms in total. The van der Waals surface area contributed by atoms with Crippen LogP contribution in [0.3, 0.4) is 0 Å². The molecule has 26 heavy (non-hydrogen) atoms. The zero-order chi connectivity index (χ0) is 18.9. The first kappa shape index (κ1) is 20.0. The molecule has 1 aliphatic rings. The van der Waals surface area contributed by atoms with Crippen LogP contribution in [0, 0.1) is 0 Å². The van der Waals surface area contributed by atoms with Gasteiger partial charge in [-0.05, 0) is 17.7 Å². The molecule has 0 aliphatic carbocycles. The van der Waals surface area contributed by atoms with Crippen LogP contribution in [0.25, 0.3) is 6.08 Å². The molecule has 0 saturated carbocycles. The van der Waals surface area contributed by atoms with Crippen molar-refractivity contribution in [1.29, 1.82) is 0 Å². The van der Waals surface area contributed by atoms with Crippen molar-refractivity contribution in [3.05, 3.63) is 29.3 Å². The number of ether oxygens (including phenoxy) is 3. The van der Waals surface area contributed by atoms with E-state index in [0.717, 1.165) is 24.2 Å². The van der Waals surface area contributed by atoms with E-state index in [1.54, 1.807) is 26.4 Å². The van der Waals surface area contributed by atoms with Crippen LogP contribution in [0.5, 0.6) is 11.5 Å². The summed E-state index contributed by atoms with van der Waals surface area (Å²) in [7, 11) is 3.13. The van der Waals surface area contributed by atoms with Crippen LogP contribution >= 0.6 is 0 Å². The van der Waals surface area contributed by atoms with E-state index in [-0.39, 0.29) is 5.84 Å². The van der Waals surface area contributed by atoms with E-state index in [2.05, 4.69) is 10.1 Å². The molecule has 0 amide bonds. The van der Waals surface area contributed by atoms with Gasteiger partial charge in [-0.25, -0.2) is 0 Å². The fourth-order valence-corrected chi connectivity index (χ4v) is 2.96. The fourth-order valence-electron chi connectivity index (χ4n) is 2.96. The maximum Gasteiger partial charge on any atom is 0.164 e. The summed E-state index contributed by atoms with van der Waals surface area (Å²) >= 11 is 0. The second kappa shape index (κ2) is 10.0. The molecule has 8 heteroatoms. The standard InChI is InChI=1S/C18H27N3O5/c1-24-16-5-3-13(4-6-17(19)20-23)15(18(16)25-2)11-14(22)12-21-7-9-26-10-8-21/h3-6,14,22-23H,7-12H2,1-2H3,(H2,19,20). The number of rotatable bonds is 8. The van der Waals surface area contributed by atoms with E-state index < -0.39 is 6.10 Å². The molecule has 4 N–H and O–H groups in total. The van der Waals surface area contributed by atoms with Gasteiger partial charge in [0.25, 0.3) is 0 Å². The highest BCUT2D eigenvalue weighted by Crippen LogP contribution is 2.35. The number of oxime groups is 1. The lowest BCUT2D eigenvalue weighted by atomic mass is 9.98. The van der Waals surface area contributed by atoms with Crippen molar-refractivity contribution in [3.8, 4) is 11.5 Å². The van der Waals surface area contributed by atoms with Crippen LogP contribution in [-0.4, -0.2) is 74.2 Å². The van der Waals surface area contributed by atoms with Crippen molar-refractivity contribution in [2.45, 2.75) is 12.5 Å². The largest absolute Gasteiger partial charge is 0.493 e. The minimum Gasteiger partial charge on any atom is -0.493 e. The first-order chi connectivity index (χ1) is 12.6. The molecule has 144 valence electrons. The Kier molecular flexibility index (Phi) is 7.71. The molecular weight excluding hydrogens is 338 g/mol. The van der Waals surface area contributed by atoms with Gasteiger partial charge in [0.2, 0.25) is 0 Å². The van der Waals surface area contributed by atoms with E-state index >= 15 is 0 Å². The molecule has 1 fully saturated rings. The number of methoxy groups -OCH3 is 2. The molecule has 2 rings (SSSR count). The molecule has 1 atom stereocenters. The maximum atomic E-state index is 10.6. The number of nitrogens with two attached hydrogens (primary N) is 1. The van der Waals surface area contributed by atoms with Crippen LogP contribution in [-0.2, 0) is 11.2 Å². The van der Waals surface area contributed by atoms with Crippen molar-refractivity contribution in [2.24, 2.45) is 10.9 Å². The van der Waals surface area contributed by atoms with Crippen LogP contribution in [0.2, 0.25) is 0 Å². The van der Waals surface area contributed by atoms with Crippen molar-refractivity contribution in [3.63, 3.8) is 0 Å². The Labute approximate surface area is 153 Å². The van der Waals surface area contributed by atoms with Gasteiger partial charge in [0.05, 0.1) is 33.5 Å². The Hall–Kier alpha value is -2.29. The van der Waals surface area contributed by atoms with Crippen molar-refractivity contribution in [2.75, 3.05) is 47.1 Å². The third-order valence-electron chi connectivity index (χ3n) is 4.25. The number of morpholine rings is 1. The predicted molar refractivity (Wildman–Crippen MR) is 99.0 cm³/mol. The molecule has 0 spiro atoms. The first-order valence-corrected chi connectivity index (χ1v) is 8.46. The summed E-state index contributed by atoms with van der Waals surface area (Å²) in [5.74, 6) is 1.14. The quantitative estimate of drug-likeness (QED) is 0.269. The van der Waals surface area contributed by atoms with Gasteiger partial charge in [-0.1, -0.05) is 17.3 Å². The predicted octanol–water partition coefficient (Wildman–Crippen LogP) is 0.699. The van der Waals surface area contributed by atoms with Crippen molar-refractivity contribution >= 4 is 11.9 Å². The fraction of sp³-hybridized carbons (Fsp3) is 0.500. The number of β-amino-alcohol motifs (C(OH)–C–C–N with tert-alkyl or cyclic N) is 1. The Balaban J connectivity index is 2.25. The summed E-state index contributed by atoms with van der Waals surface area (Å²) in [5.41, 5.74) is 7.11. The maximum absolute atomic E-state index is 10.6. The highest BCUT2D eigenvalue weighted by Gasteiger charge is 2.20. The second-order valence-corrected chi connectivity index (χ2v) is 6.00. The van der Waals surface area contributed by atoms with Gasteiger partial charge in [0.15, 0.2) is 17.3 Å². The second-order valence-electron chi connectivity index (χ2n) is 6.00. The van der Waals surface area contributed by atoms with E-state index in [9.17, 15) is 5.11 Å².